The van der Waals surface area contributed by atoms with Crippen molar-refractivity contribution >= 4 is 11.3 Å². The summed E-state index contributed by atoms with van der Waals surface area (Å²) >= 11 is 1.63. The highest BCUT2D eigenvalue weighted by Gasteiger charge is 2.25. The first-order valence-corrected chi connectivity index (χ1v) is 11.8. The fourth-order valence-electron chi connectivity index (χ4n) is 3.91. The number of fused-ring (bicyclic) bond motifs is 3. The van der Waals surface area contributed by atoms with Crippen LogP contribution in [0.5, 0.6) is 0 Å². The molecule has 0 atom stereocenters. The van der Waals surface area contributed by atoms with Crippen molar-refractivity contribution in [1.29, 1.82) is 0 Å². The van der Waals surface area contributed by atoms with Crippen molar-refractivity contribution in [1.82, 2.24) is 25.0 Å². The summed E-state index contributed by atoms with van der Waals surface area (Å²) in [7, 11) is 0. The predicted molar refractivity (Wildman–Crippen MR) is 128 cm³/mol. The minimum absolute atomic E-state index is 0.224. The van der Waals surface area contributed by atoms with E-state index in [1.807, 2.05) is 18.5 Å². The van der Waals surface area contributed by atoms with Gasteiger partial charge in [-0.3, -0.25) is 5.10 Å². The van der Waals surface area contributed by atoms with Gasteiger partial charge in [0.2, 0.25) is 0 Å². The summed E-state index contributed by atoms with van der Waals surface area (Å²) in [6.07, 6.45) is 4.39. The zero-order valence-electron chi connectivity index (χ0n) is 18.7. The number of aromatic nitrogens is 5. The van der Waals surface area contributed by atoms with Crippen molar-refractivity contribution in [3.05, 3.63) is 63.9 Å². The number of H-pyrrole nitrogens is 1. The third-order valence-electron chi connectivity index (χ3n) is 5.43. The zero-order chi connectivity index (χ0) is 22.6. The third kappa shape index (κ3) is 4.91. The van der Waals surface area contributed by atoms with E-state index in [-0.39, 0.29) is 6.10 Å². The number of ether oxygens (including phenoxy) is 2. The molecule has 0 saturated heterocycles. The molecule has 0 unspecified atom stereocenters. The maximum Gasteiger partial charge on any atom is 0.137 e. The van der Waals surface area contributed by atoms with Crippen LogP contribution in [0.3, 0.4) is 0 Å². The number of hydrogen-bond donors (Lipinski definition) is 1. The summed E-state index contributed by atoms with van der Waals surface area (Å²) in [5.41, 5.74) is 8.18. The Hall–Kier alpha value is -3.25. The van der Waals surface area contributed by atoms with E-state index in [2.05, 4.69) is 61.8 Å². The fraction of sp³-hybridized carbons (Fsp3) is 0.320. The SMILES string of the molecule is CC(C)OCCOCC#Cc1cc(-c2n[nH]c3c2Cc2ccc(Cn4cncn4)cc2-3)cs1. The van der Waals surface area contributed by atoms with Gasteiger partial charge < -0.3 is 9.47 Å². The second-order valence-corrected chi connectivity index (χ2v) is 9.07. The van der Waals surface area contributed by atoms with E-state index in [0.29, 0.717) is 26.4 Å². The molecule has 7 nitrogen and oxygen atoms in total. The molecule has 1 N–H and O–H groups in total. The largest absolute Gasteiger partial charge is 0.376 e. The van der Waals surface area contributed by atoms with Gasteiger partial charge in [-0.05, 0) is 37.1 Å². The Balaban J connectivity index is 1.25. The van der Waals surface area contributed by atoms with E-state index in [0.717, 1.165) is 28.2 Å². The maximum atomic E-state index is 5.50. The van der Waals surface area contributed by atoms with E-state index in [1.165, 1.54) is 22.3 Å². The molecule has 1 aliphatic carbocycles. The summed E-state index contributed by atoms with van der Waals surface area (Å²) < 4.78 is 12.8. The van der Waals surface area contributed by atoms with Gasteiger partial charge in [0, 0.05) is 28.5 Å². The average Bonchev–Trinajstić information content (AvgIpc) is 3.58. The topological polar surface area (TPSA) is 77.9 Å². The van der Waals surface area contributed by atoms with Crippen LogP contribution in [0.2, 0.25) is 0 Å². The molecule has 0 bridgehead atoms. The molecule has 3 heterocycles. The van der Waals surface area contributed by atoms with Crippen LogP contribution in [0.15, 0.2) is 42.3 Å². The molecule has 33 heavy (non-hydrogen) atoms. The Morgan fingerprint density at radius 3 is 3.03 bits per heavy atom. The van der Waals surface area contributed by atoms with Crippen molar-refractivity contribution in [2.75, 3.05) is 19.8 Å². The lowest BCUT2D eigenvalue weighted by atomic mass is 10.1. The second-order valence-electron chi connectivity index (χ2n) is 8.16. The first-order chi connectivity index (χ1) is 16.2. The molecular formula is C25H25N5O2S. The van der Waals surface area contributed by atoms with Crippen LogP contribution >= 0.6 is 11.3 Å². The van der Waals surface area contributed by atoms with Crippen LogP contribution < -0.4 is 0 Å². The maximum absolute atomic E-state index is 5.50. The molecule has 1 aliphatic rings. The molecule has 0 amide bonds. The van der Waals surface area contributed by atoms with E-state index in [4.69, 9.17) is 9.47 Å². The molecule has 5 rings (SSSR count). The van der Waals surface area contributed by atoms with Crippen LogP contribution in [0.4, 0.5) is 0 Å². The van der Waals surface area contributed by atoms with Gasteiger partial charge in [-0.25, -0.2) is 9.67 Å². The number of benzene rings is 1. The molecule has 0 saturated carbocycles. The molecule has 0 aliphatic heterocycles. The van der Waals surface area contributed by atoms with Gasteiger partial charge in [0.1, 0.15) is 19.3 Å². The van der Waals surface area contributed by atoms with Crippen molar-refractivity contribution in [2.24, 2.45) is 0 Å². The van der Waals surface area contributed by atoms with Gasteiger partial charge in [0.15, 0.2) is 0 Å². The third-order valence-corrected chi connectivity index (χ3v) is 6.27. The smallest absolute Gasteiger partial charge is 0.137 e. The van der Waals surface area contributed by atoms with Gasteiger partial charge >= 0.3 is 0 Å². The van der Waals surface area contributed by atoms with Crippen LogP contribution in [0.1, 0.15) is 35.4 Å². The molecule has 1 aromatic carbocycles. The first kappa shape index (κ1) is 21.6. The van der Waals surface area contributed by atoms with Crippen molar-refractivity contribution in [3.63, 3.8) is 0 Å². The van der Waals surface area contributed by atoms with Crippen LogP contribution in [0, 0.1) is 11.8 Å². The van der Waals surface area contributed by atoms with Gasteiger partial charge in [-0.2, -0.15) is 10.2 Å². The summed E-state index contributed by atoms with van der Waals surface area (Å²) in [5.74, 6) is 6.27. The van der Waals surface area contributed by atoms with Gasteiger partial charge in [-0.15, -0.1) is 11.3 Å². The summed E-state index contributed by atoms with van der Waals surface area (Å²) in [4.78, 5) is 5.03. The Morgan fingerprint density at radius 2 is 2.18 bits per heavy atom. The minimum Gasteiger partial charge on any atom is -0.376 e. The molecular weight excluding hydrogens is 434 g/mol. The second kappa shape index (κ2) is 9.71. The first-order valence-electron chi connectivity index (χ1n) is 11.0. The number of thiophene rings is 1. The summed E-state index contributed by atoms with van der Waals surface area (Å²) in [5, 5.41) is 14.2. The highest BCUT2D eigenvalue weighted by Crippen LogP contribution is 2.41. The van der Waals surface area contributed by atoms with Crippen LogP contribution in [-0.2, 0) is 22.4 Å². The fourth-order valence-corrected chi connectivity index (χ4v) is 4.67. The summed E-state index contributed by atoms with van der Waals surface area (Å²) in [6, 6.07) is 8.70. The van der Waals surface area contributed by atoms with Crippen molar-refractivity contribution in [3.8, 4) is 34.4 Å². The van der Waals surface area contributed by atoms with Crippen molar-refractivity contribution in [2.45, 2.75) is 32.9 Å². The number of nitrogens with one attached hydrogen (secondary N) is 1. The monoisotopic (exact) mass is 459 g/mol. The van der Waals surface area contributed by atoms with Crippen molar-refractivity contribution < 1.29 is 9.47 Å². The number of hydrogen-bond acceptors (Lipinski definition) is 6. The summed E-state index contributed by atoms with van der Waals surface area (Å²) in [6.45, 7) is 6.28. The Bertz CT molecular complexity index is 1290. The lowest BCUT2D eigenvalue weighted by Crippen LogP contribution is -2.09. The lowest BCUT2D eigenvalue weighted by molar-refractivity contribution is 0.0280. The molecule has 0 fully saturated rings. The predicted octanol–water partition coefficient (Wildman–Crippen LogP) is 4.14. The Labute approximate surface area is 196 Å². The molecule has 8 heteroatoms. The van der Waals surface area contributed by atoms with Gasteiger partial charge in [0.05, 0.1) is 42.1 Å². The number of aromatic amines is 1. The molecule has 168 valence electrons. The molecule has 4 aromatic rings. The van der Waals surface area contributed by atoms with Crippen LogP contribution in [0.25, 0.3) is 22.5 Å². The highest BCUT2D eigenvalue weighted by atomic mass is 32.1. The van der Waals surface area contributed by atoms with Crippen LogP contribution in [-0.4, -0.2) is 50.9 Å². The average molecular weight is 460 g/mol. The zero-order valence-corrected chi connectivity index (χ0v) is 19.5. The number of rotatable bonds is 8. The lowest BCUT2D eigenvalue weighted by Gasteiger charge is -2.05. The van der Waals surface area contributed by atoms with E-state index < -0.39 is 0 Å². The van der Waals surface area contributed by atoms with Gasteiger partial charge in [-0.1, -0.05) is 24.0 Å². The Morgan fingerprint density at radius 1 is 1.24 bits per heavy atom. The van der Waals surface area contributed by atoms with E-state index in [1.54, 1.807) is 24.0 Å². The number of nitrogens with zero attached hydrogens (tertiary/aromatic N) is 4. The molecule has 3 aromatic heterocycles. The van der Waals surface area contributed by atoms with E-state index in [9.17, 15) is 0 Å². The minimum atomic E-state index is 0.224. The normalized spacial score (nSPS) is 12.0. The quantitative estimate of drug-likeness (QED) is 0.279. The molecule has 0 spiro atoms. The highest BCUT2D eigenvalue weighted by molar-refractivity contribution is 7.11. The van der Waals surface area contributed by atoms with Gasteiger partial charge in [0.25, 0.3) is 0 Å². The van der Waals surface area contributed by atoms with E-state index >= 15 is 0 Å². The standard InChI is InChI=1S/C25H25N5O2S/c1-17(2)32-9-8-31-7-3-4-21-11-20(14-33-21)24-23-12-19-6-5-18(13-30-16-26-15-27-30)10-22(19)25(23)29-28-24/h5-6,10-11,14-17H,7-9,12-13H2,1-2H3,(H,28,29). The Kier molecular flexibility index (Phi) is 6.35. The molecule has 0 radical (unpaired) electrons.